The number of aryl methyl sites for hydroxylation is 1. The Bertz CT molecular complexity index is 681. The van der Waals surface area contributed by atoms with Gasteiger partial charge in [-0.3, -0.25) is 4.79 Å². The van der Waals surface area contributed by atoms with Gasteiger partial charge in [-0.2, -0.15) is 0 Å². The molecule has 0 aliphatic heterocycles. The van der Waals surface area contributed by atoms with Crippen LogP contribution in [-0.4, -0.2) is 5.78 Å². The maximum absolute atomic E-state index is 12.5. The van der Waals surface area contributed by atoms with Crippen LogP contribution in [0.1, 0.15) is 46.7 Å². The summed E-state index contributed by atoms with van der Waals surface area (Å²) in [6.07, 6.45) is 3.89. The van der Waals surface area contributed by atoms with Crippen LogP contribution in [0.5, 0.6) is 0 Å². The Balaban J connectivity index is 1.81. The molecular formula is C18H18ClNO. The number of anilines is 1. The van der Waals surface area contributed by atoms with Gasteiger partial charge < -0.3 is 5.73 Å². The molecule has 2 N–H and O–H groups in total. The van der Waals surface area contributed by atoms with Crippen LogP contribution in [0.25, 0.3) is 0 Å². The second-order valence-electron chi connectivity index (χ2n) is 5.65. The summed E-state index contributed by atoms with van der Waals surface area (Å²) in [7, 11) is 0. The quantitative estimate of drug-likeness (QED) is 0.664. The molecule has 0 heterocycles. The van der Waals surface area contributed by atoms with E-state index in [0.29, 0.717) is 28.6 Å². The molecule has 0 amide bonds. The summed E-state index contributed by atoms with van der Waals surface area (Å²) in [6, 6.07) is 13.6. The molecule has 0 bridgehead atoms. The van der Waals surface area contributed by atoms with E-state index in [1.165, 1.54) is 11.1 Å². The third-order valence-electron chi connectivity index (χ3n) is 4.24. The minimum atomic E-state index is 0.139. The van der Waals surface area contributed by atoms with Gasteiger partial charge in [0.15, 0.2) is 5.78 Å². The van der Waals surface area contributed by atoms with Gasteiger partial charge in [-0.25, -0.2) is 0 Å². The lowest BCUT2D eigenvalue weighted by Crippen LogP contribution is -2.14. The van der Waals surface area contributed by atoms with Crippen molar-refractivity contribution < 1.29 is 4.79 Å². The van der Waals surface area contributed by atoms with Crippen molar-refractivity contribution in [1.29, 1.82) is 0 Å². The third kappa shape index (κ3) is 2.96. The van der Waals surface area contributed by atoms with Crippen LogP contribution in [0.4, 0.5) is 5.69 Å². The minimum absolute atomic E-state index is 0.139. The van der Waals surface area contributed by atoms with Gasteiger partial charge in [0, 0.05) is 12.0 Å². The summed E-state index contributed by atoms with van der Waals surface area (Å²) in [5.74, 6) is 0.458. The molecule has 0 spiro atoms. The molecular weight excluding hydrogens is 282 g/mol. The number of rotatable bonds is 3. The standard InChI is InChI=1S/C18H18ClNO/c19-16-9-8-14(10-17(16)20)18(21)11-13-6-3-5-12-4-1-2-7-15(12)13/h1-2,4,7-10,13H,3,5-6,11,20H2. The Hall–Kier alpha value is -1.80. The molecule has 0 saturated heterocycles. The fourth-order valence-corrected chi connectivity index (χ4v) is 3.24. The number of hydrogen-bond donors (Lipinski definition) is 1. The van der Waals surface area contributed by atoms with E-state index in [4.69, 9.17) is 17.3 Å². The van der Waals surface area contributed by atoms with Gasteiger partial charge in [-0.15, -0.1) is 0 Å². The van der Waals surface area contributed by atoms with E-state index < -0.39 is 0 Å². The van der Waals surface area contributed by atoms with Crippen LogP contribution in [0.2, 0.25) is 5.02 Å². The van der Waals surface area contributed by atoms with E-state index in [1.807, 2.05) is 0 Å². The van der Waals surface area contributed by atoms with Gasteiger partial charge in [0.05, 0.1) is 10.7 Å². The number of nitrogens with two attached hydrogens (primary N) is 1. The summed E-state index contributed by atoms with van der Waals surface area (Å²) < 4.78 is 0. The number of fused-ring (bicyclic) bond motifs is 1. The van der Waals surface area contributed by atoms with Crippen molar-refractivity contribution in [2.75, 3.05) is 5.73 Å². The fourth-order valence-electron chi connectivity index (χ4n) is 3.13. The molecule has 1 unspecified atom stereocenters. The number of nitrogen functional groups attached to an aromatic ring is 1. The van der Waals surface area contributed by atoms with E-state index in [1.54, 1.807) is 18.2 Å². The Morgan fingerprint density at radius 1 is 1.24 bits per heavy atom. The summed E-state index contributed by atoms with van der Waals surface area (Å²) in [4.78, 5) is 12.5. The SMILES string of the molecule is Nc1cc(C(=O)CC2CCCc3ccccc32)ccc1Cl. The van der Waals surface area contributed by atoms with E-state index in [-0.39, 0.29) is 5.78 Å². The zero-order chi connectivity index (χ0) is 14.8. The Morgan fingerprint density at radius 3 is 2.86 bits per heavy atom. The van der Waals surface area contributed by atoms with Gasteiger partial charge in [0.2, 0.25) is 0 Å². The lowest BCUT2D eigenvalue weighted by atomic mass is 9.79. The Labute approximate surface area is 129 Å². The van der Waals surface area contributed by atoms with E-state index in [0.717, 1.165) is 19.3 Å². The molecule has 0 radical (unpaired) electrons. The summed E-state index contributed by atoms with van der Waals surface area (Å²) in [5, 5.41) is 0.495. The summed E-state index contributed by atoms with van der Waals surface area (Å²) in [6.45, 7) is 0. The second-order valence-corrected chi connectivity index (χ2v) is 6.06. The first-order chi connectivity index (χ1) is 10.1. The highest BCUT2D eigenvalue weighted by Gasteiger charge is 2.22. The van der Waals surface area contributed by atoms with Gasteiger partial charge in [0.1, 0.15) is 0 Å². The first kappa shape index (κ1) is 14.2. The largest absolute Gasteiger partial charge is 0.398 e. The van der Waals surface area contributed by atoms with Crippen molar-refractivity contribution in [3.8, 4) is 0 Å². The topological polar surface area (TPSA) is 43.1 Å². The number of hydrogen-bond acceptors (Lipinski definition) is 2. The van der Waals surface area contributed by atoms with Crippen molar-refractivity contribution in [3.05, 3.63) is 64.2 Å². The highest BCUT2D eigenvalue weighted by atomic mass is 35.5. The van der Waals surface area contributed by atoms with Crippen LogP contribution in [0, 0.1) is 0 Å². The van der Waals surface area contributed by atoms with Gasteiger partial charge in [0.25, 0.3) is 0 Å². The minimum Gasteiger partial charge on any atom is -0.398 e. The summed E-state index contributed by atoms with van der Waals surface area (Å²) >= 11 is 5.91. The number of benzene rings is 2. The molecule has 1 aliphatic rings. The normalized spacial score (nSPS) is 17.3. The maximum Gasteiger partial charge on any atom is 0.163 e. The molecule has 2 nitrogen and oxygen atoms in total. The van der Waals surface area contributed by atoms with Crippen molar-refractivity contribution in [2.45, 2.75) is 31.6 Å². The van der Waals surface area contributed by atoms with E-state index in [2.05, 4.69) is 24.3 Å². The van der Waals surface area contributed by atoms with Crippen LogP contribution in [-0.2, 0) is 6.42 Å². The maximum atomic E-state index is 12.5. The highest BCUT2D eigenvalue weighted by Crippen LogP contribution is 2.35. The molecule has 0 fully saturated rings. The number of carbonyl (C=O) groups is 1. The molecule has 0 saturated carbocycles. The lowest BCUT2D eigenvalue weighted by molar-refractivity contribution is 0.0971. The average molecular weight is 300 g/mol. The molecule has 2 aromatic carbocycles. The van der Waals surface area contributed by atoms with E-state index >= 15 is 0 Å². The zero-order valence-corrected chi connectivity index (χ0v) is 12.6. The van der Waals surface area contributed by atoms with Crippen molar-refractivity contribution in [1.82, 2.24) is 0 Å². The molecule has 108 valence electrons. The molecule has 3 rings (SSSR count). The molecule has 1 atom stereocenters. The number of ketones is 1. The van der Waals surface area contributed by atoms with Gasteiger partial charge in [-0.05, 0) is 54.5 Å². The number of Topliss-reactive ketones (excluding diaryl/α,β-unsaturated/α-hetero) is 1. The monoisotopic (exact) mass is 299 g/mol. The smallest absolute Gasteiger partial charge is 0.163 e. The zero-order valence-electron chi connectivity index (χ0n) is 11.8. The number of carbonyl (C=O) groups excluding carboxylic acids is 1. The first-order valence-corrected chi connectivity index (χ1v) is 7.69. The van der Waals surface area contributed by atoms with E-state index in [9.17, 15) is 4.79 Å². The second kappa shape index (κ2) is 5.90. The lowest BCUT2D eigenvalue weighted by Gasteiger charge is -2.25. The van der Waals surface area contributed by atoms with Crippen molar-refractivity contribution in [2.24, 2.45) is 0 Å². The first-order valence-electron chi connectivity index (χ1n) is 7.31. The fraction of sp³-hybridized carbons (Fsp3) is 0.278. The molecule has 2 aromatic rings. The molecule has 21 heavy (non-hydrogen) atoms. The predicted molar refractivity (Wildman–Crippen MR) is 86.9 cm³/mol. The van der Waals surface area contributed by atoms with Gasteiger partial charge in [-0.1, -0.05) is 35.9 Å². The van der Waals surface area contributed by atoms with Crippen molar-refractivity contribution >= 4 is 23.1 Å². The average Bonchev–Trinajstić information content (AvgIpc) is 2.50. The van der Waals surface area contributed by atoms with Crippen molar-refractivity contribution in [3.63, 3.8) is 0 Å². The molecule has 0 aromatic heterocycles. The van der Waals surface area contributed by atoms with Crippen LogP contribution < -0.4 is 5.73 Å². The summed E-state index contributed by atoms with van der Waals surface area (Å²) in [5.41, 5.74) is 9.62. The predicted octanol–water partition coefficient (Wildman–Crippen LogP) is 4.62. The number of halogens is 1. The third-order valence-corrected chi connectivity index (χ3v) is 4.59. The Kier molecular flexibility index (Phi) is 3.98. The highest BCUT2D eigenvalue weighted by molar-refractivity contribution is 6.33. The van der Waals surface area contributed by atoms with Crippen LogP contribution in [0.15, 0.2) is 42.5 Å². The van der Waals surface area contributed by atoms with Gasteiger partial charge >= 0.3 is 0 Å². The van der Waals surface area contributed by atoms with Crippen LogP contribution >= 0.6 is 11.6 Å². The molecule has 3 heteroatoms. The van der Waals surface area contributed by atoms with Crippen LogP contribution in [0.3, 0.4) is 0 Å². The molecule has 1 aliphatic carbocycles. The Morgan fingerprint density at radius 2 is 2.05 bits per heavy atom.